The number of carbonyl (C=O) groups is 2. The highest BCUT2D eigenvalue weighted by Crippen LogP contribution is 2.20. The predicted molar refractivity (Wildman–Crippen MR) is 67.3 cm³/mol. The summed E-state index contributed by atoms with van der Waals surface area (Å²) in [6.45, 7) is 0.756. The van der Waals surface area contributed by atoms with Crippen molar-refractivity contribution in [3.63, 3.8) is 0 Å². The number of unbranched alkanes of at least 4 members (excludes halogenated alkanes) is 2. The van der Waals surface area contributed by atoms with Gasteiger partial charge in [0.05, 0.1) is 6.10 Å². The molecule has 104 valence electrons. The zero-order valence-corrected chi connectivity index (χ0v) is 10.8. The standard InChI is InChI=1S/C13H23NO4/c15-12(10-18-11-6-3-4-7-11)14-9-5-1-2-8-13(16)17/h11H,1-10H2,(H,14,15)(H,16,17). The van der Waals surface area contributed by atoms with Crippen LogP contribution in [0, 0.1) is 0 Å². The molecule has 5 heteroatoms. The first-order valence-corrected chi connectivity index (χ1v) is 6.78. The van der Waals surface area contributed by atoms with Crippen molar-refractivity contribution in [2.24, 2.45) is 0 Å². The molecule has 18 heavy (non-hydrogen) atoms. The van der Waals surface area contributed by atoms with Gasteiger partial charge in [-0.05, 0) is 25.7 Å². The van der Waals surface area contributed by atoms with Crippen molar-refractivity contribution < 1.29 is 19.4 Å². The Morgan fingerprint density at radius 2 is 1.89 bits per heavy atom. The average Bonchev–Trinajstić information content (AvgIpc) is 2.83. The lowest BCUT2D eigenvalue weighted by Gasteiger charge is -2.10. The summed E-state index contributed by atoms with van der Waals surface area (Å²) in [5, 5.41) is 11.2. The minimum atomic E-state index is -0.760. The Balaban J connectivity index is 1.88. The lowest BCUT2D eigenvalue weighted by atomic mass is 10.2. The highest BCUT2D eigenvalue weighted by Gasteiger charge is 2.16. The van der Waals surface area contributed by atoms with Crippen LogP contribution < -0.4 is 5.32 Å². The minimum Gasteiger partial charge on any atom is -0.481 e. The Hall–Kier alpha value is -1.10. The van der Waals surface area contributed by atoms with E-state index in [4.69, 9.17) is 9.84 Å². The second kappa shape index (κ2) is 8.91. The van der Waals surface area contributed by atoms with E-state index in [0.717, 1.165) is 25.7 Å². The van der Waals surface area contributed by atoms with Gasteiger partial charge in [-0.15, -0.1) is 0 Å². The molecular formula is C13H23NO4. The quantitative estimate of drug-likeness (QED) is 0.616. The van der Waals surface area contributed by atoms with Crippen molar-refractivity contribution in [2.45, 2.75) is 57.5 Å². The zero-order chi connectivity index (χ0) is 13.2. The van der Waals surface area contributed by atoms with Crippen molar-refractivity contribution in [3.8, 4) is 0 Å². The smallest absolute Gasteiger partial charge is 0.303 e. The third-order valence-electron chi connectivity index (χ3n) is 3.14. The fraction of sp³-hybridized carbons (Fsp3) is 0.846. The highest BCUT2D eigenvalue weighted by atomic mass is 16.5. The van der Waals surface area contributed by atoms with Crippen LogP contribution >= 0.6 is 0 Å². The second-order valence-electron chi connectivity index (χ2n) is 4.77. The Morgan fingerprint density at radius 1 is 1.17 bits per heavy atom. The SMILES string of the molecule is O=C(O)CCCCCNC(=O)COC1CCCC1. The van der Waals surface area contributed by atoms with E-state index in [2.05, 4.69) is 5.32 Å². The number of carbonyl (C=O) groups excluding carboxylic acids is 1. The number of hydrogen-bond acceptors (Lipinski definition) is 3. The lowest BCUT2D eigenvalue weighted by Crippen LogP contribution is -2.30. The summed E-state index contributed by atoms with van der Waals surface area (Å²) < 4.78 is 5.48. The van der Waals surface area contributed by atoms with E-state index in [9.17, 15) is 9.59 Å². The summed E-state index contributed by atoms with van der Waals surface area (Å²) in [4.78, 5) is 21.7. The van der Waals surface area contributed by atoms with Crippen LogP contribution in [0.1, 0.15) is 51.4 Å². The number of ether oxygens (including phenoxy) is 1. The molecule has 0 aromatic rings. The van der Waals surface area contributed by atoms with Gasteiger partial charge in [0.25, 0.3) is 0 Å². The molecule has 0 bridgehead atoms. The van der Waals surface area contributed by atoms with Crippen LogP contribution in [0.25, 0.3) is 0 Å². The van der Waals surface area contributed by atoms with Crippen molar-refractivity contribution in [2.75, 3.05) is 13.2 Å². The van der Waals surface area contributed by atoms with Crippen LogP contribution in [0.5, 0.6) is 0 Å². The van der Waals surface area contributed by atoms with Gasteiger partial charge in [0, 0.05) is 13.0 Å². The largest absolute Gasteiger partial charge is 0.481 e. The monoisotopic (exact) mass is 257 g/mol. The Bertz CT molecular complexity index is 262. The number of hydrogen-bond donors (Lipinski definition) is 2. The number of aliphatic carboxylic acids is 1. The van der Waals surface area contributed by atoms with Crippen LogP contribution in [0.3, 0.4) is 0 Å². The van der Waals surface area contributed by atoms with Gasteiger partial charge in [0.2, 0.25) is 5.91 Å². The van der Waals surface area contributed by atoms with Crippen LogP contribution in [0.2, 0.25) is 0 Å². The number of rotatable bonds is 9. The first-order chi connectivity index (χ1) is 8.68. The fourth-order valence-electron chi connectivity index (χ4n) is 2.11. The van der Waals surface area contributed by atoms with E-state index < -0.39 is 5.97 Å². The van der Waals surface area contributed by atoms with Gasteiger partial charge in [0.15, 0.2) is 0 Å². The third kappa shape index (κ3) is 7.27. The van der Waals surface area contributed by atoms with Crippen LogP contribution in [-0.4, -0.2) is 36.2 Å². The molecule has 0 heterocycles. The summed E-state index contributed by atoms with van der Waals surface area (Å²) in [7, 11) is 0. The molecule has 1 aliphatic carbocycles. The second-order valence-corrected chi connectivity index (χ2v) is 4.77. The average molecular weight is 257 g/mol. The van der Waals surface area contributed by atoms with Gasteiger partial charge in [-0.25, -0.2) is 0 Å². The lowest BCUT2D eigenvalue weighted by molar-refractivity contribution is -0.137. The summed E-state index contributed by atoms with van der Waals surface area (Å²) >= 11 is 0. The van der Waals surface area contributed by atoms with E-state index in [1.54, 1.807) is 0 Å². The summed E-state index contributed by atoms with van der Waals surface area (Å²) in [6.07, 6.45) is 7.35. The summed E-state index contributed by atoms with van der Waals surface area (Å²) in [6, 6.07) is 0. The maximum atomic E-state index is 11.4. The molecule has 1 amide bonds. The Morgan fingerprint density at radius 3 is 2.56 bits per heavy atom. The molecule has 1 saturated carbocycles. The third-order valence-corrected chi connectivity index (χ3v) is 3.14. The van der Waals surface area contributed by atoms with Crippen LogP contribution in [0.4, 0.5) is 0 Å². The van der Waals surface area contributed by atoms with Crippen molar-refractivity contribution in [1.29, 1.82) is 0 Å². The van der Waals surface area contributed by atoms with Gasteiger partial charge in [0.1, 0.15) is 6.61 Å². The maximum absolute atomic E-state index is 11.4. The summed E-state index contributed by atoms with van der Waals surface area (Å²) in [5.41, 5.74) is 0. The molecule has 1 fully saturated rings. The van der Waals surface area contributed by atoms with Crippen LogP contribution in [-0.2, 0) is 14.3 Å². The maximum Gasteiger partial charge on any atom is 0.303 e. The molecule has 0 aromatic carbocycles. The molecule has 0 spiro atoms. The van der Waals surface area contributed by atoms with Gasteiger partial charge in [-0.2, -0.15) is 0 Å². The molecule has 0 unspecified atom stereocenters. The van der Waals surface area contributed by atoms with E-state index in [-0.39, 0.29) is 25.0 Å². The van der Waals surface area contributed by atoms with Gasteiger partial charge >= 0.3 is 5.97 Å². The number of amides is 1. The predicted octanol–water partition coefficient (Wildman–Crippen LogP) is 1.71. The molecule has 1 aliphatic rings. The molecule has 2 N–H and O–H groups in total. The molecule has 0 radical (unpaired) electrons. The number of carboxylic acid groups (broad SMARTS) is 1. The van der Waals surface area contributed by atoms with E-state index in [0.29, 0.717) is 13.0 Å². The van der Waals surface area contributed by atoms with Crippen molar-refractivity contribution in [1.82, 2.24) is 5.32 Å². The number of nitrogens with one attached hydrogen (secondary N) is 1. The first-order valence-electron chi connectivity index (χ1n) is 6.78. The topological polar surface area (TPSA) is 75.6 Å². The number of carboxylic acids is 1. The Kier molecular flexibility index (Phi) is 7.41. The molecule has 0 aliphatic heterocycles. The summed E-state index contributed by atoms with van der Waals surface area (Å²) in [5.74, 6) is -0.830. The molecular weight excluding hydrogens is 234 g/mol. The zero-order valence-electron chi connectivity index (χ0n) is 10.8. The fourth-order valence-corrected chi connectivity index (χ4v) is 2.11. The van der Waals surface area contributed by atoms with Gasteiger partial charge in [-0.1, -0.05) is 19.3 Å². The molecule has 0 saturated heterocycles. The minimum absolute atomic E-state index is 0.0693. The first kappa shape index (κ1) is 15.0. The van der Waals surface area contributed by atoms with E-state index >= 15 is 0 Å². The molecule has 5 nitrogen and oxygen atoms in total. The van der Waals surface area contributed by atoms with Gasteiger partial charge < -0.3 is 15.2 Å². The highest BCUT2D eigenvalue weighted by molar-refractivity contribution is 5.77. The molecule has 0 aromatic heterocycles. The van der Waals surface area contributed by atoms with Crippen molar-refractivity contribution >= 4 is 11.9 Å². The molecule has 0 atom stereocenters. The molecule has 1 rings (SSSR count). The normalized spacial score (nSPS) is 15.8. The Labute approximate surface area is 108 Å². The van der Waals surface area contributed by atoms with Gasteiger partial charge in [-0.3, -0.25) is 9.59 Å². The van der Waals surface area contributed by atoms with E-state index in [1.165, 1.54) is 12.8 Å². The van der Waals surface area contributed by atoms with Crippen LogP contribution in [0.15, 0.2) is 0 Å². The van der Waals surface area contributed by atoms with E-state index in [1.807, 2.05) is 0 Å². The van der Waals surface area contributed by atoms with Crippen molar-refractivity contribution in [3.05, 3.63) is 0 Å².